The van der Waals surface area contributed by atoms with Crippen LogP contribution in [0.2, 0.25) is 5.02 Å². The van der Waals surface area contributed by atoms with Gasteiger partial charge in [-0.2, -0.15) is 5.10 Å². The van der Waals surface area contributed by atoms with Gasteiger partial charge >= 0.3 is 0 Å². The number of aromatic nitrogens is 2. The third kappa shape index (κ3) is 3.86. The fourth-order valence-corrected chi connectivity index (χ4v) is 3.86. The van der Waals surface area contributed by atoms with Gasteiger partial charge in [-0.15, -0.1) is 11.3 Å². The number of amides is 1. The van der Waals surface area contributed by atoms with Crippen molar-refractivity contribution in [2.75, 3.05) is 19.8 Å². The molecule has 3 rings (SSSR count). The van der Waals surface area contributed by atoms with Gasteiger partial charge in [0.25, 0.3) is 5.91 Å². The molecule has 0 radical (unpaired) electrons. The Morgan fingerprint density at radius 3 is 2.96 bits per heavy atom. The second-order valence-corrected chi connectivity index (χ2v) is 7.02. The molecule has 5 nitrogen and oxygen atoms in total. The van der Waals surface area contributed by atoms with Crippen molar-refractivity contribution in [2.45, 2.75) is 20.3 Å². The number of carbonyl (C=O) groups is 1. The summed E-state index contributed by atoms with van der Waals surface area (Å²) >= 11 is 7.72. The Bertz CT molecular complexity index is 888. The van der Waals surface area contributed by atoms with Gasteiger partial charge in [0.2, 0.25) is 0 Å². The SMILES string of the molecule is CCOCCCNC(=O)c1cc2c(C)nn(-c3ccccc3Cl)c2s1. The minimum absolute atomic E-state index is 0.0668. The molecular formula is C18H20ClN3O2S. The van der Waals surface area contributed by atoms with E-state index in [-0.39, 0.29) is 5.91 Å². The number of hydrogen-bond donors (Lipinski definition) is 1. The minimum Gasteiger partial charge on any atom is -0.382 e. The van der Waals surface area contributed by atoms with Gasteiger partial charge in [0.15, 0.2) is 0 Å². The van der Waals surface area contributed by atoms with E-state index in [0.717, 1.165) is 28.0 Å². The van der Waals surface area contributed by atoms with Crippen molar-refractivity contribution in [1.29, 1.82) is 0 Å². The van der Waals surface area contributed by atoms with Gasteiger partial charge in [0, 0.05) is 25.1 Å². The molecule has 0 spiro atoms. The first-order chi connectivity index (χ1) is 12.1. The first kappa shape index (κ1) is 17.9. The lowest BCUT2D eigenvalue weighted by Crippen LogP contribution is -2.24. The summed E-state index contributed by atoms with van der Waals surface area (Å²) in [6.07, 6.45) is 0.802. The average molecular weight is 378 g/mol. The molecule has 7 heteroatoms. The van der Waals surface area contributed by atoms with Gasteiger partial charge in [0.05, 0.1) is 21.3 Å². The lowest BCUT2D eigenvalue weighted by Gasteiger charge is -2.05. The molecule has 0 atom stereocenters. The summed E-state index contributed by atoms with van der Waals surface area (Å²) in [5.41, 5.74) is 1.69. The van der Waals surface area contributed by atoms with Gasteiger partial charge in [-0.1, -0.05) is 23.7 Å². The zero-order chi connectivity index (χ0) is 17.8. The largest absolute Gasteiger partial charge is 0.382 e. The number of thiophene rings is 1. The fraction of sp³-hybridized carbons (Fsp3) is 0.333. The topological polar surface area (TPSA) is 56.1 Å². The number of ether oxygens (including phenoxy) is 1. The number of fused-ring (bicyclic) bond motifs is 1. The van der Waals surface area contributed by atoms with Gasteiger partial charge in [-0.05, 0) is 38.5 Å². The molecule has 1 aromatic carbocycles. The van der Waals surface area contributed by atoms with E-state index in [0.29, 0.717) is 29.7 Å². The van der Waals surface area contributed by atoms with Crippen molar-refractivity contribution in [3.63, 3.8) is 0 Å². The second kappa shape index (κ2) is 7.99. The third-order valence-corrected chi connectivity index (χ3v) is 5.23. The summed E-state index contributed by atoms with van der Waals surface area (Å²) in [6.45, 7) is 5.85. The number of hydrogen-bond acceptors (Lipinski definition) is 4. The minimum atomic E-state index is -0.0668. The first-order valence-electron chi connectivity index (χ1n) is 8.21. The Morgan fingerprint density at radius 1 is 1.40 bits per heavy atom. The van der Waals surface area contributed by atoms with Crippen molar-refractivity contribution in [3.8, 4) is 5.69 Å². The standard InChI is InChI=1S/C18H20ClN3O2S/c1-3-24-10-6-9-20-17(23)16-11-13-12(2)21-22(18(13)25-16)15-8-5-4-7-14(15)19/h4-5,7-8,11H,3,6,9-10H2,1-2H3,(H,20,23). The molecule has 0 unspecified atom stereocenters. The number of para-hydroxylation sites is 1. The normalized spacial score (nSPS) is 11.2. The molecule has 0 aliphatic carbocycles. The molecule has 25 heavy (non-hydrogen) atoms. The summed E-state index contributed by atoms with van der Waals surface area (Å²) in [7, 11) is 0. The summed E-state index contributed by atoms with van der Waals surface area (Å²) in [4.78, 5) is 14.0. The van der Waals surface area contributed by atoms with Gasteiger partial charge < -0.3 is 10.1 Å². The molecule has 0 bridgehead atoms. The quantitative estimate of drug-likeness (QED) is 0.627. The van der Waals surface area contributed by atoms with E-state index in [9.17, 15) is 4.79 Å². The predicted molar refractivity (Wildman–Crippen MR) is 102 cm³/mol. The van der Waals surface area contributed by atoms with Crippen molar-refractivity contribution in [2.24, 2.45) is 0 Å². The van der Waals surface area contributed by atoms with E-state index in [1.54, 1.807) is 0 Å². The molecule has 1 amide bonds. The highest BCUT2D eigenvalue weighted by Crippen LogP contribution is 2.32. The van der Waals surface area contributed by atoms with Crippen molar-refractivity contribution < 1.29 is 9.53 Å². The average Bonchev–Trinajstić information content (AvgIpc) is 3.16. The van der Waals surface area contributed by atoms with Crippen LogP contribution in [0.3, 0.4) is 0 Å². The number of nitrogens with zero attached hydrogens (tertiary/aromatic N) is 2. The van der Waals surface area contributed by atoms with Crippen molar-refractivity contribution in [1.82, 2.24) is 15.1 Å². The molecule has 0 saturated heterocycles. The van der Waals surface area contributed by atoms with Crippen LogP contribution in [0.4, 0.5) is 0 Å². The predicted octanol–water partition coefficient (Wildman–Crippen LogP) is 4.21. The van der Waals surface area contributed by atoms with Crippen LogP contribution in [0.1, 0.15) is 28.7 Å². The molecule has 0 saturated carbocycles. The maximum Gasteiger partial charge on any atom is 0.261 e. The van der Waals surface area contributed by atoms with Crippen LogP contribution in [0, 0.1) is 6.92 Å². The van der Waals surface area contributed by atoms with Gasteiger partial charge in [-0.25, -0.2) is 4.68 Å². The Hall–Kier alpha value is -1.89. The maximum absolute atomic E-state index is 12.4. The van der Waals surface area contributed by atoms with E-state index in [1.165, 1.54) is 11.3 Å². The lowest BCUT2D eigenvalue weighted by atomic mass is 10.3. The number of halogens is 1. The van der Waals surface area contributed by atoms with Crippen LogP contribution < -0.4 is 5.32 Å². The fourth-order valence-electron chi connectivity index (χ4n) is 2.55. The van der Waals surface area contributed by atoms with E-state index >= 15 is 0 Å². The number of benzene rings is 1. The Balaban J connectivity index is 1.82. The molecule has 0 fully saturated rings. The summed E-state index contributed by atoms with van der Waals surface area (Å²) in [6, 6.07) is 9.45. The molecule has 3 aromatic rings. The Labute approximate surface area is 155 Å². The van der Waals surface area contributed by atoms with Crippen LogP contribution in [0.5, 0.6) is 0 Å². The monoisotopic (exact) mass is 377 g/mol. The van der Waals surface area contributed by atoms with Gasteiger partial charge in [0.1, 0.15) is 4.83 Å². The third-order valence-electron chi connectivity index (χ3n) is 3.80. The summed E-state index contributed by atoms with van der Waals surface area (Å²) < 4.78 is 7.08. The van der Waals surface area contributed by atoms with Crippen LogP contribution >= 0.6 is 22.9 Å². The molecular weight excluding hydrogens is 358 g/mol. The van der Waals surface area contributed by atoms with Gasteiger partial charge in [-0.3, -0.25) is 4.79 Å². The van der Waals surface area contributed by atoms with E-state index in [1.807, 2.05) is 48.9 Å². The number of rotatable bonds is 7. The highest BCUT2D eigenvalue weighted by Gasteiger charge is 2.17. The lowest BCUT2D eigenvalue weighted by molar-refractivity contribution is 0.0948. The van der Waals surface area contributed by atoms with Crippen LogP contribution in [0.25, 0.3) is 15.9 Å². The van der Waals surface area contributed by atoms with Crippen molar-refractivity contribution in [3.05, 3.63) is 45.9 Å². The molecule has 0 aliphatic rings. The number of nitrogens with one attached hydrogen (secondary N) is 1. The molecule has 2 heterocycles. The second-order valence-electron chi connectivity index (χ2n) is 5.58. The highest BCUT2D eigenvalue weighted by molar-refractivity contribution is 7.20. The Kier molecular flexibility index (Phi) is 5.73. The zero-order valence-electron chi connectivity index (χ0n) is 14.2. The van der Waals surface area contributed by atoms with Crippen molar-refractivity contribution >= 4 is 39.1 Å². The van der Waals surface area contributed by atoms with Crippen LogP contribution in [-0.4, -0.2) is 35.4 Å². The van der Waals surface area contributed by atoms with Crippen LogP contribution in [0.15, 0.2) is 30.3 Å². The highest BCUT2D eigenvalue weighted by atomic mass is 35.5. The van der Waals surface area contributed by atoms with E-state index in [4.69, 9.17) is 16.3 Å². The summed E-state index contributed by atoms with van der Waals surface area (Å²) in [5.74, 6) is -0.0668. The number of aryl methyl sites for hydroxylation is 1. The molecule has 0 aliphatic heterocycles. The molecule has 132 valence electrons. The van der Waals surface area contributed by atoms with Crippen LogP contribution in [-0.2, 0) is 4.74 Å². The smallest absolute Gasteiger partial charge is 0.261 e. The zero-order valence-corrected chi connectivity index (χ0v) is 15.8. The molecule has 2 aromatic heterocycles. The maximum atomic E-state index is 12.4. The molecule has 1 N–H and O–H groups in total. The first-order valence-corrected chi connectivity index (χ1v) is 9.41. The Morgan fingerprint density at radius 2 is 2.20 bits per heavy atom. The summed E-state index contributed by atoms with van der Waals surface area (Å²) in [5, 5.41) is 9.11. The van der Waals surface area contributed by atoms with E-state index < -0.39 is 0 Å². The number of carbonyl (C=O) groups excluding carboxylic acids is 1. The van der Waals surface area contributed by atoms with E-state index in [2.05, 4.69) is 10.4 Å².